The van der Waals surface area contributed by atoms with Crippen LogP contribution in [-0.4, -0.2) is 51.0 Å². The van der Waals surface area contributed by atoms with Crippen LogP contribution in [0, 0.1) is 6.92 Å². The van der Waals surface area contributed by atoms with Crippen molar-refractivity contribution in [3.63, 3.8) is 0 Å². The average Bonchev–Trinajstić information content (AvgIpc) is 2.06. The van der Waals surface area contributed by atoms with Crippen molar-refractivity contribution in [2.24, 2.45) is 0 Å². The maximum absolute atomic E-state index is 5.32. The van der Waals surface area contributed by atoms with E-state index in [0.29, 0.717) is 6.04 Å². The first kappa shape index (κ1) is 8.97. The highest BCUT2D eigenvalue weighted by molar-refractivity contribution is 4.75. The van der Waals surface area contributed by atoms with Crippen molar-refractivity contribution < 1.29 is 9.47 Å². The Morgan fingerprint density at radius 1 is 1.73 bits per heavy atom. The Morgan fingerprint density at radius 3 is 3.18 bits per heavy atom. The standard InChI is InChI=1S/C8H16NO2/c1-3-9-4-5-11-7-8(9)6-10-2/h8H,1,3-7H2,2H3. The number of ether oxygens (including phenoxy) is 2. The smallest absolute Gasteiger partial charge is 0.0644 e. The van der Waals surface area contributed by atoms with Crippen LogP contribution < -0.4 is 0 Å². The summed E-state index contributed by atoms with van der Waals surface area (Å²) in [5.74, 6) is 0. The molecule has 65 valence electrons. The zero-order valence-corrected chi connectivity index (χ0v) is 7.08. The van der Waals surface area contributed by atoms with Crippen molar-refractivity contribution in [2.45, 2.75) is 6.04 Å². The molecule has 1 heterocycles. The third kappa shape index (κ3) is 2.43. The SMILES string of the molecule is [CH2]CN1CCOCC1COC. The molecule has 0 amide bonds. The molecule has 3 heteroatoms. The minimum atomic E-state index is 0.409. The Hall–Kier alpha value is -0.120. The van der Waals surface area contributed by atoms with Crippen LogP contribution >= 0.6 is 0 Å². The van der Waals surface area contributed by atoms with Crippen LogP contribution in [-0.2, 0) is 9.47 Å². The second-order valence-corrected chi connectivity index (χ2v) is 2.72. The maximum atomic E-state index is 5.32. The van der Waals surface area contributed by atoms with E-state index in [1.54, 1.807) is 7.11 Å². The predicted octanol–water partition coefficient (Wildman–Crippen LogP) is 0.168. The summed E-state index contributed by atoms with van der Waals surface area (Å²) in [7, 11) is 1.72. The lowest BCUT2D eigenvalue weighted by molar-refractivity contribution is -0.0301. The molecule has 1 aliphatic heterocycles. The predicted molar refractivity (Wildman–Crippen MR) is 43.4 cm³/mol. The molecule has 0 aliphatic carbocycles. The van der Waals surface area contributed by atoms with Gasteiger partial charge in [-0.15, -0.1) is 0 Å². The molecule has 0 aromatic rings. The summed E-state index contributed by atoms with van der Waals surface area (Å²) in [4.78, 5) is 2.28. The summed E-state index contributed by atoms with van der Waals surface area (Å²) in [5, 5.41) is 0. The van der Waals surface area contributed by atoms with Gasteiger partial charge in [0.2, 0.25) is 0 Å². The van der Waals surface area contributed by atoms with Crippen molar-refractivity contribution in [1.82, 2.24) is 4.90 Å². The fraction of sp³-hybridized carbons (Fsp3) is 0.875. The maximum Gasteiger partial charge on any atom is 0.0644 e. The quantitative estimate of drug-likeness (QED) is 0.584. The molecule has 1 radical (unpaired) electrons. The lowest BCUT2D eigenvalue weighted by Crippen LogP contribution is -2.47. The Balaban J connectivity index is 2.31. The van der Waals surface area contributed by atoms with E-state index in [0.717, 1.165) is 32.9 Å². The van der Waals surface area contributed by atoms with Crippen LogP contribution in [0.1, 0.15) is 0 Å². The van der Waals surface area contributed by atoms with Crippen molar-refractivity contribution in [3.8, 4) is 0 Å². The van der Waals surface area contributed by atoms with E-state index in [4.69, 9.17) is 9.47 Å². The summed E-state index contributed by atoms with van der Waals surface area (Å²) >= 11 is 0. The number of hydrogen-bond donors (Lipinski definition) is 0. The van der Waals surface area contributed by atoms with Gasteiger partial charge in [-0.3, -0.25) is 4.90 Å². The molecule has 11 heavy (non-hydrogen) atoms. The number of rotatable bonds is 3. The summed E-state index contributed by atoms with van der Waals surface area (Å²) in [6.45, 7) is 8.04. The molecule has 0 aromatic heterocycles. The van der Waals surface area contributed by atoms with Crippen LogP contribution in [0.3, 0.4) is 0 Å². The molecule has 1 fully saturated rings. The fourth-order valence-corrected chi connectivity index (χ4v) is 1.33. The first-order valence-corrected chi connectivity index (χ1v) is 3.98. The van der Waals surface area contributed by atoms with Gasteiger partial charge in [-0.1, -0.05) is 0 Å². The highest BCUT2D eigenvalue weighted by Crippen LogP contribution is 2.05. The first-order chi connectivity index (χ1) is 5.38. The topological polar surface area (TPSA) is 21.7 Å². The van der Waals surface area contributed by atoms with Crippen molar-refractivity contribution >= 4 is 0 Å². The zero-order chi connectivity index (χ0) is 8.10. The number of methoxy groups -OCH3 is 1. The summed E-state index contributed by atoms with van der Waals surface area (Å²) in [6, 6.07) is 0.409. The van der Waals surface area contributed by atoms with Crippen molar-refractivity contribution in [3.05, 3.63) is 6.92 Å². The molecule has 3 nitrogen and oxygen atoms in total. The molecule has 0 spiro atoms. The van der Waals surface area contributed by atoms with E-state index in [1.807, 2.05) is 0 Å². The molecule has 0 bridgehead atoms. The Labute approximate surface area is 68.3 Å². The summed E-state index contributed by atoms with van der Waals surface area (Å²) < 4.78 is 10.4. The van der Waals surface area contributed by atoms with Crippen molar-refractivity contribution in [1.29, 1.82) is 0 Å². The van der Waals surface area contributed by atoms with Crippen LogP contribution in [0.25, 0.3) is 0 Å². The molecule has 1 atom stereocenters. The van der Waals surface area contributed by atoms with E-state index in [9.17, 15) is 0 Å². The monoisotopic (exact) mass is 158 g/mol. The summed E-state index contributed by atoms with van der Waals surface area (Å²) in [5.41, 5.74) is 0. The highest BCUT2D eigenvalue weighted by Gasteiger charge is 2.20. The third-order valence-corrected chi connectivity index (χ3v) is 2.00. The van der Waals surface area contributed by atoms with Gasteiger partial charge < -0.3 is 9.47 Å². The van der Waals surface area contributed by atoms with Gasteiger partial charge in [0, 0.05) is 13.7 Å². The van der Waals surface area contributed by atoms with Gasteiger partial charge in [0.1, 0.15) is 0 Å². The number of hydrogen-bond acceptors (Lipinski definition) is 3. The molecule has 1 rings (SSSR count). The number of nitrogens with zero attached hydrogens (tertiary/aromatic N) is 1. The largest absolute Gasteiger partial charge is 0.383 e. The molecule has 1 unspecified atom stereocenters. The minimum Gasteiger partial charge on any atom is -0.383 e. The third-order valence-electron chi connectivity index (χ3n) is 2.00. The zero-order valence-electron chi connectivity index (χ0n) is 7.08. The summed E-state index contributed by atoms with van der Waals surface area (Å²) in [6.07, 6.45) is 0. The number of morpholine rings is 1. The molecule has 1 aliphatic rings. The second-order valence-electron chi connectivity index (χ2n) is 2.72. The Bertz CT molecular complexity index is 106. The van der Waals surface area contributed by atoms with E-state index in [2.05, 4.69) is 11.8 Å². The van der Waals surface area contributed by atoms with Gasteiger partial charge in [-0.05, 0) is 13.5 Å². The van der Waals surface area contributed by atoms with Gasteiger partial charge >= 0.3 is 0 Å². The minimum absolute atomic E-state index is 0.409. The van der Waals surface area contributed by atoms with Crippen LogP contribution in [0.4, 0.5) is 0 Å². The van der Waals surface area contributed by atoms with Crippen LogP contribution in [0.5, 0.6) is 0 Å². The first-order valence-electron chi connectivity index (χ1n) is 3.98. The lowest BCUT2D eigenvalue weighted by atomic mass is 10.2. The Kier molecular flexibility index (Phi) is 3.83. The molecule has 1 saturated heterocycles. The van der Waals surface area contributed by atoms with Gasteiger partial charge in [0.05, 0.1) is 25.9 Å². The lowest BCUT2D eigenvalue weighted by Gasteiger charge is -2.33. The van der Waals surface area contributed by atoms with Gasteiger partial charge in [0.25, 0.3) is 0 Å². The molecule has 0 N–H and O–H groups in total. The molecular weight excluding hydrogens is 142 g/mol. The average molecular weight is 158 g/mol. The van der Waals surface area contributed by atoms with Gasteiger partial charge in [-0.25, -0.2) is 0 Å². The second kappa shape index (κ2) is 4.70. The van der Waals surface area contributed by atoms with E-state index < -0.39 is 0 Å². The van der Waals surface area contributed by atoms with Crippen molar-refractivity contribution in [2.75, 3.05) is 40.0 Å². The van der Waals surface area contributed by atoms with E-state index in [-0.39, 0.29) is 0 Å². The van der Waals surface area contributed by atoms with E-state index >= 15 is 0 Å². The molecule has 0 saturated carbocycles. The Morgan fingerprint density at radius 2 is 2.55 bits per heavy atom. The molecular formula is C8H16NO2. The van der Waals surface area contributed by atoms with E-state index in [1.165, 1.54) is 0 Å². The highest BCUT2D eigenvalue weighted by atomic mass is 16.5. The molecule has 0 aromatic carbocycles. The van der Waals surface area contributed by atoms with Gasteiger partial charge in [0.15, 0.2) is 0 Å². The normalized spacial score (nSPS) is 27.3. The fourth-order valence-electron chi connectivity index (χ4n) is 1.33. The van der Waals surface area contributed by atoms with Crippen LogP contribution in [0.15, 0.2) is 0 Å². The van der Waals surface area contributed by atoms with Crippen LogP contribution in [0.2, 0.25) is 0 Å². The van der Waals surface area contributed by atoms with Gasteiger partial charge in [-0.2, -0.15) is 0 Å².